The van der Waals surface area contributed by atoms with Crippen molar-refractivity contribution >= 4 is 23.4 Å². The molecular weight excluding hydrogens is 326 g/mol. The molecule has 4 aliphatic carbocycles. The van der Waals surface area contributed by atoms with E-state index in [-0.39, 0.29) is 11.6 Å². The number of thioether (sulfide) groups is 1. The zero-order valence-corrected chi connectivity index (χ0v) is 14.2. The van der Waals surface area contributed by atoms with Crippen LogP contribution in [0.5, 0.6) is 0 Å². The summed E-state index contributed by atoms with van der Waals surface area (Å²) in [5, 5.41) is 14.5. The van der Waals surface area contributed by atoms with Gasteiger partial charge in [-0.15, -0.1) is 0 Å². The van der Waals surface area contributed by atoms with E-state index < -0.39 is 4.92 Å². The number of rotatable bonds is 5. The van der Waals surface area contributed by atoms with E-state index in [1.54, 1.807) is 6.07 Å². The summed E-state index contributed by atoms with van der Waals surface area (Å²) in [7, 11) is 0. The smallest absolute Gasteiger partial charge is 0.287 e. The lowest BCUT2D eigenvalue weighted by Gasteiger charge is -2.54. The van der Waals surface area contributed by atoms with Crippen molar-refractivity contribution in [3.63, 3.8) is 0 Å². The van der Waals surface area contributed by atoms with Crippen LogP contribution >= 0.6 is 11.8 Å². The van der Waals surface area contributed by atoms with Gasteiger partial charge in [0.15, 0.2) is 0 Å². The molecule has 24 heavy (non-hydrogen) atoms. The van der Waals surface area contributed by atoms with Gasteiger partial charge in [0, 0.05) is 12.1 Å². The molecule has 128 valence electrons. The Kier molecular flexibility index (Phi) is 4.20. The zero-order chi connectivity index (χ0) is 16.7. The van der Waals surface area contributed by atoms with Gasteiger partial charge in [0.2, 0.25) is 5.91 Å². The van der Waals surface area contributed by atoms with E-state index in [9.17, 15) is 14.9 Å². The minimum absolute atomic E-state index is 0.0302. The highest BCUT2D eigenvalue weighted by Gasteiger charge is 2.48. The van der Waals surface area contributed by atoms with Gasteiger partial charge in [-0.3, -0.25) is 14.9 Å². The van der Waals surface area contributed by atoms with Crippen molar-refractivity contribution in [1.29, 1.82) is 0 Å². The number of hydrogen-bond acceptors (Lipinski definition) is 5. The van der Waals surface area contributed by atoms with Crippen LogP contribution in [0.15, 0.2) is 23.4 Å². The van der Waals surface area contributed by atoms with Gasteiger partial charge in [0.25, 0.3) is 5.69 Å². The second-order valence-electron chi connectivity index (χ2n) is 7.42. The van der Waals surface area contributed by atoms with Crippen LogP contribution in [0.2, 0.25) is 0 Å². The van der Waals surface area contributed by atoms with Gasteiger partial charge in [-0.05, 0) is 61.8 Å². The number of carbonyl (C=O) groups excluding carboxylic acids is 1. The molecule has 0 atom stereocenters. The third-order valence-electron chi connectivity index (χ3n) is 5.84. The summed E-state index contributed by atoms with van der Waals surface area (Å²) in [5.74, 6) is 3.52. The number of nitrogens with one attached hydrogen (secondary N) is 1. The molecule has 1 aromatic heterocycles. The van der Waals surface area contributed by atoms with E-state index in [0.29, 0.717) is 28.7 Å². The van der Waals surface area contributed by atoms with Crippen LogP contribution in [0.4, 0.5) is 5.69 Å². The van der Waals surface area contributed by atoms with Crippen LogP contribution in [-0.4, -0.2) is 27.6 Å². The zero-order valence-electron chi connectivity index (χ0n) is 13.4. The average molecular weight is 347 g/mol. The first kappa shape index (κ1) is 15.9. The maximum atomic E-state index is 12.3. The molecule has 7 heteroatoms. The monoisotopic (exact) mass is 347 g/mol. The van der Waals surface area contributed by atoms with Crippen LogP contribution in [0.3, 0.4) is 0 Å². The first-order valence-corrected chi connectivity index (χ1v) is 9.59. The number of carbonyl (C=O) groups is 1. The van der Waals surface area contributed by atoms with Gasteiger partial charge >= 0.3 is 0 Å². The first-order valence-electron chi connectivity index (χ1n) is 8.61. The Bertz CT molecular complexity index is 621. The van der Waals surface area contributed by atoms with Crippen molar-refractivity contribution in [2.24, 2.45) is 23.7 Å². The highest BCUT2D eigenvalue weighted by Crippen LogP contribution is 2.53. The van der Waals surface area contributed by atoms with E-state index in [4.69, 9.17) is 0 Å². The van der Waals surface area contributed by atoms with E-state index in [0.717, 1.165) is 11.8 Å². The first-order chi connectivity index (χ1) is 11.6. The standard InChI is InChI=1S/C17H21N3O3S/c21-15(9-24-16-2-1-14(8-18-16)20(22)23)19-17-12-4-10-3-11(6-12)7-13(17)5-10/h1-2,8,10-13,17H,3-7,9H2,(H,19,21). The molecule has 6 nitrogen and oxygen atoms in total. The highest BCUT2D eigenvalue weighted by molar-refractivity contribution is 7.99. The normalized spacial score (nSPS) is 33.4. The lowest BCUT2D eigenvalue weighted by Crippen LogP contribution is -2.56. The minimum Gasteiger partial charge on any atom is -0.352 e. The third kappa shape index (κ3) is 3.14. The summed E-state index contributed by atoms with van der Waals surface area (Å²) in [6.45, 7) is 0. The maximum Gasteiger partial charge on any atom is 0.287 e. The van der Waals surface area contributed by atoms with Gasteiger partial charge in [0.05, 0.1) is 15.7 Å². The SMILES string of the molecule is O=C(CSc1ccc([N+](=O)[O-])cn1)NC1C2CC3CC(C2)CC1C3. The summed E-state index contributed by atoms with van der Waals surface area (Å²) in [5.41, 5.74) is -0.0302. The predicted octanol–water partition coefficient (Wildman–Crippen LogP) is 3.02. The molecule has 1 amide bonds. The molecule has 0 aromatic carbocycles. The summed E-state index contributed by atoms with van der Waals surface area (Å²) >= 11 is 1.33. The predicted molar refractivity (Wildman–Crippen MR) is 90.6 cm³/mol. The molecule has 4 aliphatic rings. The van der Waals surface area contributed by atoms with Gasteiger partial charge in [-0.2, -0.15) is 0 Å². The number of nitro groups is 1. The lowest BCUT2D eigenvalue weighted by molar-refractivity contribution is -0.385. The van der Waals surface area contributed by atoms with E-state index in [1.165, 1.54) is 56.1 Å². The molecular formula is C17H21N3O3S. The van der Waals surface area contributed by atoms with Crippen LogP contribution in [0, 0.1) is 33.8 Å². The Morgan fingerprint density at radius 1 is 1.21 bits per heavy atom. The molecule has 4 fully saturated rings. The third-order valence-corrected chi connectivity index (χ3v) is 6.78. The Morgan fingerprint density at radius 3 is 2.42 bits per heavy atom. The average Bonchev–Trinajstić information content (AvgIpc) is 2.56. The van der Waals surface area contributed by atoms with E-state index >= 15 is 0 Å². The van der Waals surface area contributed by atoms with Gasteiger partial charge < -0.3 is 5.32 Å². The van der Waals surface area contributed by atoms with Gasteiger partial charge in [0.1, 0.15) is 6.20 Å². The summed E-state index contributed by atoms with van der Waals surface area (Å²) in [6.07, 6.45) is 7.79. The number of aromatic nitrogens is 1. The van der Waals surface area contributed by atoms with Crippen molar-refractivity contribution in [3.8, 4) is 0 Å². The second kappa shape index (κ2) is 6.35. The van der Waals surface area contributed by atoms with Gasteiger partial charge in [-0.1, -0.05) is 11.8 Å². The lowest BCUT2D eigenvalue weighted by atomic mass is 9.54. The molecule has 0 spiro atoms. The molecule has 1 aromatic rings. The quantitative estimate of drug-likeness (QED) is 0.503. The topological polar surface area (TPSA) is 85.1 Å². The number of hydrogen-bond donors (Lipinski definition) is 1. The molecule has 1 heterocycles. The number of pyridine rings is 1. The Balaban J connectivity index is 1.30. The van der Waals surface area contributed by atoms with Crippen molar-refractivity contribution in [1.82, 2.24) is 10.3 Å². The summed E-state index contributed by atoms with van der Waals surface area (Å²) in [4.78, 5) is 26.5. The number of nitrogens with zero attached hydrogens (tertiary/aromatic N) is 2. The molecule has 1 N–H and O–H groups in total. The molecule has 0 saturated heterocycles. The number of amides is 1. The van der Waals surface area contributed by atoms with Crippen LogP contribution in [0.25, 0.3) is 0 Å². The van der Waals surface area contributed by atoms with Crippen molar-refractivity contribution in [3.05, 3.63) is 28.4 Å². The van der Waals surface area contributed by atoms with Crippen molar-refractivity contribution < 1.29 is 9.72 Å². The van der Waals surface area contributed by atoms with E-state index in [2.05, 4.69) is 10.3 Å². The largest absolute Gasteiger partial charge is 0.352 e. The second-order valence-corrected chi connectivity index (χ2v) is 8.42. The van der Waals surface area contributed by atoms with Crippen LogP contribution in [0.1, 0.15) is 32.1 Å². The Hall–Kier alpha value is -1.63. The highest BCUT2D eigenvalue weighted by atomic mass is 32.2. The minimum atomic E-state index is -0.472. The maximum absolute atomic E-state index is 12.3. The summed E-state index contributed by atoms with van der Waals surface area (Å²) < 4.78 is 0. The van der Waals surface area contributed by atoms with Crippen molar-refractivity contribution in [2.45, 2.75) is 43.2 Å². The van der Waals surface area contributed by atoms with Crippen LogP contribution in [-0.2, 0) is 4.79 Å². The fourth-order valence-electron chi connectivity index (χ4n) is 5.09. The van der Waals surface area contributed by atoms with Gasteiger partial charge in [-0.25, -0.2) is 4.98 Å². The van der Waals surface area contributed by atoms with Crippen molar-refractivity contribution in [2.75, 3.05) is 5.75 Å². The Morgan fingerprint density at radius 2 is 1.88 bits per heavy atom. The fourth-order valence-corrected chi connectivity index (χ4v) is 5.75. The summed E-state index contributed by atoms with van der Waals surface area (Å²) in [6, 6.07) is 3.37. The van der Waals surface area contributed by atoms with E-state index in [1.807, 2.05) is 0 Å². The molecule has 0 radical (unpaired) electrons. The molecule has 4 saturated carbocycles. The molecule has 5 rings (SSSR count). The molecule has 0 unspecified atom stereocenters. The molecule has 4 bridgehead atoms. The van der Waals surface area contributed by atoms with Crippen LogP contribution < -0.4 is 5.32 Å². The Labute approximate surface area is 145 Å². The molecule has 0 aliphatic heterocycles. The fraction of sp³-hybridized carbons (Fsp3) is 0.647.